The number of hydrogen-bond acceptors (Lipinski definition) is 3. The molecule has 0 radical (unpaired) electrons. The molecule has 20 heavy (non-hydrogen) atoms. The fraction of sp³-hybridized carbons (Fsp3) is 0.867. The van der Waals surface area contributed by atoms with E-state index < -0.39 is 11.7 Å². The molecule has 5 heteroatoms. The summed E-state index contributed by atoms with van der Waals surface area (Å²) in [5.41, 5.74) is -0.538. The molecule has 1 aliphatic carbocycles. The lowest BCUT2D eigenvalue weighted by atomic mass is 9.94. The Balaban J connectivity index is 2.45. The highest BCUT2D eigenvalue weighted by Gasteiger charge is 2.25. The van der Waals surface area contributed by atoms with Gasteiger partial charge in [0.15, 0.2) is 0 Å². The van der Waals surface area contributed by atoms with Crippen LogP contribution in [0.25, 0.3) is 0 Å². The minimum absolute atomic E-state index is 0.0229. The monoisotopic (exact) mass is 284 g/mol. The van der Waals surface area contributed by atoms with Gasteiger partial charge in [0, 0.05) is 20.1 Å². The van der Waals surface area contributed by atoms with Crippen LogP contribution in [-0.4, -0.2) is 54.1 Å². The number of carbonyl (C=O) groups excluding carboxylic acids is 2. The fourth-order valence-electron chi connectivity index (χ4n) is 2.39. The average Bonchev–Trinajstić information content (AvgIpc) is 2.36. The van der Waals surface area contributed by atoms with Crippen LogP contribution in [-0.2, 0) is 9.53 Å². The maximum atomic E-state index is 12.2. The van der Waals surface area contributed by atoms with Crippen molar-refractivity contribution in [3.63, 3.8) is 0 Å². The molecular formula is C15H28N2O3. The van der Waals surface area contributed by atoms with Crippen molar-refractivity contribution in [3.8, 4) is 0 Å². The van der Waals surface area contributed by atoms with Crippen LogP contribution in [0.5, 0.6) is 0 Å². The van der Waals surface area contributed by atoms with Crippen LogP contribution in [0.2, 0.25) is 0 Å². The van der Waals surface area contributed by atoms with Gasteiger partial charge in [0.05, 0.1) is 0 Å². The maximum absolute atomic E-state index is 12.2. The van der Waals surface area contributed by atoms with Gasteiger partial charge in [-0.05, 0) is 33.6 Å². The highest BCUT2D eigenvalue weighted by atomic mass is 16.6. The molecule has 1 saturated carbocycles. The number of carbonyl (C=O) groups is 2. The fourth-order valence-corrected chi connectivity index (χ4v) is 2.39. The summed E-state index contributed by atoms with van der Waals surface area (Å²) in [6.07, 6.45) is 5.31. The smallest absolute Gasteiger partial charge is 0.410 e. The normalized spacial score (nSPS) is 16.6. The molecule has 1 aliphatic rings. The predicted molar refractivity (Wildman–Crippen MR) is 78.5 cm³/mol. The van der Waals surface area contributed by atoms with E-state index in [9.17, 15) is 9.59 Å². The van der Waals surface area contributed by atoms with E-state index in [4.69, 9.17) is 4.74 Å². The van der Waals surface area contributed by atoms with Crippen molar-refractivity contribution in [1.29, 1.82) is 0 Å². The molecule has 0 aliphatic heterocycles. The molecule has 0 N–H and O–H groups in total. The van der Waals surface area contributed by atoms with Crippen molar-refractivity contribution in [2.24, 2.45) is 0 Å². The molecule has 0 aromatic heterocycles. The number of rotatable bonds is 3. The Bertz CT molecular complexity index is 344. The van der Waals surface area contributed by atoms with Crippen LogP contribution < -0.4 is 0 Å². The number of likely N-dealkylation sites (N-methyl/N-ethyl adjacent to an activating group) is 2. The SMILES string of the molecule is CN(CC(=O)N(C)C1CCCCC1)C(=O)OC(C)(C)C. The first kappa shape index (κ1) is 16.8. The van der Waals surface area contributed by atoms with E-state index in [2.05, 4.69) is 0 Å². The van der Waals surface area contributed by atoms with E-state index in [1.54, 1.807) is 11.9 Å². The summed E-state index contributed by atoms with van der Waals surface area (Å²) < 4.78 is 5.24. The van der Waals surface area contributed by atoms with Crippen LogP contribution in [0.4, 0.5) is 4.79 Å². The summed E-state index contributed by atoms with van der Waals surface area (Å²) in [7, 11) is 3.43. The third-order valence-electron chi connectivity index (χ3n) is 3.59. The molecule has 0 saturated heterocycles. The molecule has 5 nitrogen and oxygen atoms in total. The molecule has 1 rings (SSSR count). The van der Waals surface area contributed by atoms with Crippen molar-refractivity contribution in [3.05, 3.63) is 0 Å². The van der Waals surface area contributed by atoms with Crippen LogP contribution >= 0.6 is 0 Å². The molecule has 1 fully saturated rings. The van der Waals surface area contributed by atoms with Crippen LogP contribution in [0.15, 0.2) is 0 Å². The average molecular weight is 284 g/mol. The van der Waals surface area contributed by atoms with Gasteiger partial charge in [0.25, 0.3) is 0 Å². The first-order valence-electron chi connectivity index (χ1n) is 7.40. The number of hydrogen-bond donors (Lipinski definition) is 0. The van der Waals surface area contributed by atoms with Crippen molar-refractivity contribution in [2.75, 3.05) is 20.6 Å². The Morgan fingerprint density at radius 1 is 1.10 bits per heavy atom. The summed E-state index contributed by atoms with van der Waals surface area (Å²) >= 11 is 0. The van der Waals surface area contributed by atoms with E-state index in [1.165, 1.54) is 24.2 Å². The Kier molecular flexibility index (Phi) is 5.84. The minimum Gasteiger partial charge on any atom is -0.444 e. The summed E-state index contributed by atoms with van der Waals surface area (Å²) in [5, 5.41) is 0. The zero-order chi connectivity index (χ0) is 15.3. The van der Waals surface area contributed by atoms with Crippen LogP contribution in [0, 0.1) is 0 Å². The molecule has 0 bridgehead atoms. The van der Waals surface area contributed by atoms with Gasteiger partial charge < -0.3 is 14.5 Å². The Hall–Kier alpha value is -1.26. The maximum Gasteiger partial charge on any atom is 0.410 e. The largest absolute Gasteiger partial charge is 0.444 e. The number of ether oxygens (including phenoxy) is 1. The molecule has 0 aromatic carbocycles. The Morgan fingerprint density at radius 3 is 2.15 bits per heavy atom. The third-order valence-corrected chi connectivity index (χ3v) is 3.59. The first-order valence-corrected chi connectivity index (χ1v) is 7.40. The van der Waals surface area contributed by atoms with Gasteiger partial charge >= 0.3 is 6.09 Å². The van der Waals surface area contributed by atoms with Crippen molar-refractivity contribution in [2.45, 2.75) is 64.5 Å². The van der Waals surface area contributed by atoms with Gasteiger partial charge in [-0.3, -0.25) is 4.79 Å². The van der Waals surface area contributed by atoms with Gasteiger partial charge in [-0.1, -0.05) is 19.3 Å². The van der Waals surface area contributed by atoms with E-state index in [0.29, 0.717) is 6.04 Å². The van der Waals surface area contributed by atoms with Crippen LogP contribution in [0.1, 0.15) is 52.9 Å². The van der Waals surface area contributed by atoms with E-state index >= 15 is 0 Å². The molecule has 0 heterocycles. The topological polar surface area (TPSA) is 49.9 Å². The second-order valence-electron chi connectivity index (χ2n) is 6.63. The third kappa shape index (κ3) is 5.39. The summed E-state index contributed by atoms with van der Waals surface area (Å²) in [6, 6.07) is 0.322. The zero-order valence-electron chi connectivity index (χ0n) is 13.4. The van der Waals surface area contributed by atoms with Crippen LogP contribution in [0.3, 0.4) is 0 Å². The zero-order valence-corrected chi connectivity index (χ0v) is 13.4. The van der Waals surface area contributed by atoms with Gasteiger partial charge in [0.1, 0.15) is 12.1 Å². The van der Waals surface area contributed by atoms with Crippen molar-refractivity contribution in [1.82, 2.24) is 9.80 Å². The van der Waals surface area contributed by atoms with E-state index in [0.717, 1.165) is 12.8 Å². The summed E-state index contributed by atoms with van der Waals surface area (Å²) in [6.45, 7) is 5.51. The lowest BCUT2D eigenvalue weighted by Gasteiger charge is -2.32. The summed E-state index contributed by atoms with van der Waals surface area (Å²) in [5.74, 6) is -0.0229. The highest BCUT2D eigenvalue weighted by molar-refractivity contribution is 5.82. The van der Waals surface area contributed by atoms with Gasteiger partial charge in [-0.15, -0.1) is 0 Å². The molecule has 2 amide bonds. The van der Waals surface area contributed by atoms with Gasteiger partial charge in [-0.2, -0.15) is 0 Å². The number of amides is 2. The molecule has 0 unspecified atom stereocenters. The number of nitrogens with zero attached hydrogens (tertiary/aromatic N) is 2. The Morgan fingerprint density at radius 2 is 1.65 bits per heavy atom. The highest BCUT2D eigenvalue weighted by Crippen LogP contribution is 2.21. The molecular weight excluding hydrogens is 256 g/mol. The van der Waals surface area contributed by atoms with E-state index in [-0.39, 0.29) is 12.5 Å². The molecule has 0 aromatic rings. The lowest BCUT2D eigenvalue weighted by Crippen LogP contribution is -2.45. The van der Waals surface area contributed by atoms with E-state index in [1.807, 2.05) is 27.8 Å². The minimum atomic E-state index is -0.538. The van der Waals surface area contributed by atoms with Crippen molar-refractivity contribution >= 4 is 12.0 Å². The second kappa shape index (κ2) is 6.95. The lowest BCUT2D eigenvalue weighted by molar-refractivity contribution is -0.133. The Labute approximate surface area is 122 Å². The standard InChI is InChI=1S/C15H28N2O3/c1-15(2,3)20-14(19)16(4)11-13(18)17(5)12-9-7-6-8-10-12/h12H,6-11H2,1-5H3. The molecule has 0 spiro atoms. The molecule has 0 atom stereocenters. The summed E-state index contributed by atoms with van der Waals surface area (Å²) in [4.78, 5) is 27.2. The van der Waals surface area contributed by atoms with Gasteiger partial charge in [-0.25, -0.2) is 4.79 Å². The van der Waals surface area contributed by atoms with Crippen molar-refractivity contribution < 1.29 is 14.3 Å². The second-order valence-corrected chi connectivity index (χ2v) is 6.63. The quantitative estimate of drug-likeness (QED) is 0.800. The first-order chi connectivity index (χ1) is 9.20. The molecule has 116 valence electrons. The predicted octanol–water partition coefficient (Wildman–Crippen LogP) is 2.64. The van der Waals surface area contributed by atoms with Gasteiger partial charge in [0.2, 0.25) is 5.91 Å².